The topological polar surface area (TPSA) is 15.3 Å². The number of aryl methyl sites for hydroxylation is 1. The van der Waals surface area contributed by atoms with E-state index < -0.39 is 11.6 Å². The van der Waals surface area contributed by atoms with E-state index in [2.05, 4.69) is 17.1 Å². The molecule has 0 unspecified atom stereocenters. The zero-order valence-corrected chi connectivity index (χ0v) is 14.8. The molecule has 0 bridgehead atoms. The maximum atomic E-state index is 14.3. The van der Waals surface area contributed by atoms with Gasteiger partial charge in [0.1, 0.15) is 0 Å². The molecule has 1 fully saturated rings. The molecule has 1 atom stereocenters. The highest BCUT2D eigenvalue weighted by molar-refractivity contribution is 5.85. The van der Waals surface area contributed by atoms with Gasteiger partial charge in [0.2, 0.25) is 0 Å². The van der Waals surface area contributed by atoms with Crippen LogP contribution in [-0.4, -0.2) is 31.1 Å². The Morgan fingerprint density at radius 2 is 1.77 bits per heavy atom. The summed E-state index contributed by atoms with van der Waals surface area (Å²) >= 11 is 0. The Labute approximate surface area is 144 Å². The summed E-state index contributed by atoms with van der Waals surface area (Å²) < 4.78 is 28.1. The minimum absolute atomic E-state index is 0. The van der Waals surface area contributed by atoms with Crippen molar-refractivity contribution in [2.75, 3.05) is 26.2 Å². The SMILES string of the molecule is CCCC[C@H](c1ccc(C)c(F)c1F)N1CCNCC1.Cl.Cl. The molecule has 1 aliphatic rings. The van der Waals surface area contributed by atoms with E-state index in [1.807, 2.05) is 0 Å². The van der Waals surface area contributed by atoms with E-state index in [9.17, 15) is 8.78 Å². The zero-order chi connectivity index (χ0) is 14.5. The van der Waals surface area contributed by atoms with Crippen LogP contribution in [-0.2, 0) is 0 Å². The van der Waals surface area contributed by atoms with Gasteiger partial charge in [-0.15, -0.1) is 24.8 Å². The Morgan fingerprint density at radius 1 is 1.14 bits per heavy atom. The van der Waals surface area contributed by atoms with E-state index in [4.69, 9.17) is 0 Å². The van der Waals surface area contributed by atoms with Crippen molar-refractivity contribution in [1.82, 2.24) is 10.2 Å². The second-order valence-corrected chi connectivity index (χ2v) is 5.54. The lowest BCUT2D eigenvalue weighted by molar-refractivity contribution is 0.159. The minimum Gasteiger partial charge on any atom is -0.314 e. The van der Waals surface area contributed by atoms with Crippen molar-refractivity contribution >= 4 is 24.8 Å². The molecule has 0 saturated carbocycles. The lowest BCUT2D eigenvalue weighted by atomic mass is 9.97. The fourth-order valence-corrected chi connectivity index (χ4v) is 2.84. The minimum atomic E-state index is -0.695. The van der Waals surface area contributed by atoms with Gasteiger partial charge in [-0.2, -0.15) is 0 Å². The summed E-state index contributed by atoms with van der Waals surface area (Å²) in [5, 5.41) is 3.30. The fourth-order valence-electron chi connectivity index (χ4n) is 2.84. The summed E-state index contributed by atoms with van der Waals surface area (Å²) in [6, 6.07) is 3.44. The molecule has 2 nitrogen and oxygen atoms in total. The molecule has 0 aliphatic carbocycles. The quantitative estimate of drug-likeness (QED) is 0.849. The van der Waals surface area contributed by atoms with Gasteiger partial charge in [0.15, 0.2) is 11.6 Å². The summed E-state index contributed by atoms with van der Waals surface area (Å²) in [5.74, 6) is -1.36. The summed E-state index contributed by atoms with van der Waals surface area (Å²) in [6.07, 6.45) is 2.98. The zero-order valence-electron chi connectivity index (χ0n) is 13.2. The molecular formula is C16H26Cl2F2N2. The molecule has 1 aromatic carbocycles. The number of nitrogens with one attached hydrogen (secondary N) is 1. The highest BCUT2D eigenvalue weighted by atomic mass is 35.5. The molecule has 1 aliphatic heterocycles. The average molecular weight is 355 g/mol. The normalized spacial score (nSPS) is 16.5. The van der Waals surface area contributed by atoms with Crippen molar-refractivity contribution in [3.05, 3.63) is 34.9 Å². The molecule has 0 radical (unpaired) electrons. The lowest BCUT2D eigenvalue weighted by Gasteiger charge is -2.35. The van der Waals surface area contributed by atoms with E-state index in [1.165, 1.54) is 0 Å². The number of nitrogens with zero attached hydrogens (tertiary/aromatic N) is 1. The highest BCUT2D eigenvalue weighted by Crippen LogP contribution is 2.30. The van der Waals surface area contributed by atoms with Gasteiger partial charge >= 0.3 is 0 Å². The van der Waals surface area contributed by atoms with Crippen molar-refractivity contribution < 1.29 is 8.78 Å². The summed E-state index contributed by atoms with van der Waals surface area (Å²) in [6.45, 7) is 7.35. The molecule has 128 valence electrons. The summed E-state index contributed by atoms with van der Waals surface area (Å²) in [7, 11) is 0. The van der Waals surface area contributed by atoms with Gasteiger partial charge in [-0.1, -0.05) is 31.9 Å². The lowest BCUT2D eigenvalue weighted by Crippen LogP contribution is -2.45. The number of benzene rings is 1. The van der Waals surface area contributed by atoms with Crippen LogP contribution in [0.5, 0.6) is 0 Å². The Balaban J connectivity index is 0.00000220. The van der Waals surface area contributed by atoms with Crippen molar-refractivity contribution in [2.45, 2.75) is 39.2 Å². The Morgan fingerprint density at radius 3 is 2.36 bits per heavy atom. The number of halogens is 4. The monoisotopic (exact) mass is 354 g/mol. The van der Waals surface area contributed by atoms with Crippen LogP contribution in [0.15, 0.2) is 12.1 Å². The molecule has 1 N–H and O–H groups in total. The maximum absolute atomic E-state index is 14.3. The molecule has 2 rings (SSSR count). The number of hydrogen-bond acceptors (Lipinski definition) is 2. The van der Waals surface area contributed by atoms with Gasteiger partial charge in [-0.3, -0.25) is 4.90 Å². The third-order valence-electron chi connectivity index (χ3n) is 4.09. The van der Waals surface area contributed by atoms with Crippen LogP contribution in [0, 0.1) is 18.6 Å². The van der Waals surface area contributed by atoms with E-state index in [1.54, 1.807) is 19.1 Å². The van der Waals surface area contributed by atoms with E-state index in [0.29, 0.717) is 11.1 Å². The predicted octanol–water partition coefficient (Wildman–Crippen LogP) is 4.25. The van der Waals surface area contributed by atoms with Crippen LogP contribution in [0.1, 0.15) is 43.4 Å². The predicted molar refractivity (Wildman–Crippen MR) is 92.3 cm³/mol. The Bertz CT molecular complexity index is 452. The van der Waals surface area contributed by atoms with Crippen LogP contribution >= 0.6 is 24.8 Å². The average Bonchev–Trinajstić information content (AvgIpc) is 2.48. The van der Waals surface area contributed by atoms with E-state index in [0.717, 1.165) is 45.4 Å². The van der Waals surface area contributed by atoms with Gasteiger partial charge in [0.25, 0.3) is 0 Å². The molecule has 22 heavy (non-hydrogen) atoms. The van der Waals surface area contributed by atoms with Gasteiger partial charge < -0.3 is 5.32 Å². The maximum Gasteiger partial charge on any atom is 0.163 e. The Hall–Kier alpha value is -0.420. The molecular weight excluding hydrogens is 329 g/mol. The van der Waals surface area contributed by atoms with E-state index >= 15 is 0 Å². The third-order valence-corrected chi connectivity index (χ3v) is 4.09. The van der Waals surface area contributed by atoms with E-state index in [-0.39, 0.29) is 30.9 Å². The number of hydrogen-bond donors (Lipinski definition) is 1. The van der Waals surface area contributed by atoms with Gasteiger partial charge in [0, 0.05) is 37.8 Å². The first kappa shape index (κ1) is 21.6. The van der Waals surface area contributed by atoms with Crippen LogP contribution in [0.2, 0.25) is 0 Å². The second-order valence-electron chi connectivity index (χ2n) is 5.54. The molecule has 0 amide bonds. The number of unbranched alkanes of at least 4 members (excludes halogenated alkanes) is 1. The molecule has 1 saturated heterocycles. The van der Waals surface area contributed by atoms with Gasteiger partial charge in [0.05, 0.1) is 0 Å². The molecule has 0 aromatic heterocycles. The van der Waals surface area contributed by atoms with Crippen LogP contribution in [0.4, 0.5) is 8.78 Å². The largest absolute Gasteiger partial charge is 0.314 e. The van der Waals surface area contributed by atoms with Crippen molar-refractivity contribution in [2.24, 2.45) is 0 Å². The number of piperazine rings is 1. The van der Waals surface area contributed by atoms with Gasteiger partial charge in [-0.05, 0) is 18.9 Å². The third kappa shape index (κ3) is 5.05. The number of rotatable bonds is 5. The highest BCUT2D eigenvalue weighted by Gasteiger charge is 2.25. The van der Waals surface area contributed by atoms with Gasteiger partial charge in [-0.25, -0.2) is 8.78 Å². The fraction of sp³-hybridized carbons (Fsp3) is 0.625. The van der Waals surface area contributed by atoms with Crippen LogP contribution in [0.25, 0.3) is 0 Å². The summed E-state index contributed by atoms with van der Waals surface area (Å²) in [5.41, 5.74) is 0.893. The standard InChI is InChI=1S/C16H24F2N2.2ClH/c1-3-4-5-14(20-10-8-19-9-11-20)13-7-6-12(2)15(17)16(13)18;;/h6-7,14,19H,3-5,8-11H2,1-2H3;2*1H/t14-;;/m1../s1. The van der Waals surface area contributed by atoms with Crippen molar-refractivity contribution in [1.29, 1.82) is 0 Å². The first-order chi connectivity index (χ1) is 9.65. The van der Waals surface area contributed by atoms with Crippen LogP contribution in [0.3, 0.4) is 0 Å². The van der Waals surface area contributed by atoms with Crippen molar-refractivity contribution in [3.8, 4) is 0 Å². The second kappa shape index (κ2) is 10.4. The molecule has 1 aromatic rings. The van der Waals surface area contributed by atoms with Crippen molar-refractivity contribution in [3.63, 3.8) is 0 Å². The Kier molecular flexibility index (Phi) is 10.2. The first-order valence-electron chi connectivity index (χ1n) is 7.54. The first-order valence-corrected chi connectivity index (χ1v) is 7.54. The smallest absolute Gasteiger partial charge is 0.163 e. The summed E-state index contributed by atoms with van der Waals surface area (Å²) in [4.78, 5) is 2.28. The van der Waals surface area contributed by atoms with Crippen LogP contribution < -0.4 is 5.32 Å². The molecule has 6 heteroatoms. The molecule has 1 heterocycles. The molecule has 0 spiro atoms.